The van der Waals surface area contributed by atoms with Crippen molar-refractivity contribution < 1.29 is 18.0 Å². The molecule has 3 rings (SSSR count). The topological polar surface area (TPSA) is 29.1 Å². The largest absolute Gasteiger partial charge is 0.322 e. The van der Waals surface area contributed by atoms with Gasteiger partial charge >= 0.3 is 0 Å². The summed E-state index contributed by atoms with van der Waals surface area (Å²) in [6, 6.07) is 6.34. The quantitative estimate of drug-likeness (QED) is 0.566. The van der Waals surface area contributed by atoms with Crippen LogP contribution in [0, 0.1) is 23.4 Å². The van der Waals surface area contributed by atoms with Crippen LogP contribution in [0.15, 0.2) is 35.2 Å². The Hall–Kier alpha value is -1.66. The lowest BCUT2D eigenvalue weighted by Gasteiger charge is -2.26. The summed E-state index contributed by atoms with van der Waals surface area (Å²) in [7, 11) is 0. The lowest BCUT2D eigenvalue weighted by molar-refractivity contribution is 0.102. The van der Waals surface area contributed by atoms with Gasteiger partial charge in [0.25, 0.3) is 5.91 Å². The summed E-state index contributed by atoms with van der Waals surface area (Å²) in [4.78, 5) is 13.2. The lowest BCUT2D eigenvalue weighted by atomic mass is 9.91. The highest BCUT2D eigenvalue weighted by Crippen LogP contribution is 2.39. The van der Waals surface area contributed by atoms with Crippen molar-refractivity contribution in [1.82, 2.24) is 0 Å². The van der Waals surface area contributed by atoms with E-state index in [9.17, 15) is 18.0 Å². The van der Waals surface area contributed by atoms with Crippen molar-refractivity contribution in [3.63, 3.8) is 0 Å². The molecule has 0 spiro atoms. The molecule has 1 saturated carbocycles. The first kappa shape index (κ1) is 20.1. The van der Waals surface area contributed by atoms with Crippen LogP contribution < -0.4 is 5.32 Å². The molecule has 2 aromatic carbocycles. The Bertz CT molecular complexity index is 830. The van der Waals surface area contributed by atoms with Crippen LogP contribution in [-0.2, 0) is 0 Å². The van der Waals surface area contributed by atoms with E-state index in [4.69, 9.17) is 11.6 Å². The fourth-order valence-corrected chi connectivity index (χ4v) is 4.59. The van der Waals surface area contributed by atoms with Crippen molar-refractivity contribution in [2.75, 3.05) is 5.32 Å². The minimum Gasteiger partial charge on any atom is -0.322 e. The van der Waals surface area contributed by atoms with Gasteiger partial charge in [0.15, 0.2) is 17.5 Å². The van der Waals surface area contributed by atoms with Gasteiger partial charge in [-0.15, -0.1) is 11.8 Å². The van der Waals surface area contributed by atoms with E-state index in [-0.39, 0.29) is 5.69 Å². The monoisotopic (exact) mass is 413 g/mol. The fourth-order valence-electron chi connectivity index (χ4n) is 3.09. The van der Waals surface area contributed by atoms with Crippen LogP contribution in [0.1, 0.15) is 43.0 Å². The van der Waals surface area contributed by atoms with Gasteiger partial charge in [-0.25, -0.2) is 13.2 Å². The van der Waals surface area contributed by atoms with Crippen molar-refractivity contribution >= 4 is 35.0 Å². The van der Waals surface area contributed by atoms with E-state index >= 15 is 0 Å². The maximum Gasteiger partial charge on any atom is 0.255 e. The average molecular weight is 414 g/mol. The van der Waals surface area contributed by atoms with Gasteiger partial charge < -0.3 is 5.32 Å². The maximum atomic E-state index is 13.3. The van der Waals surface area contributed by atoms with E-state index in [1.807, 2.05) is 0 Å². The first-order valence-electron chi connectivity index (χ1n) is 8.75. The van der Waals surface area contributed by atoms with Crippen molar-refractivity contribution in [2.24, 2.45) is 5.92 Å². The second-order valence-corrected chi connectivity index (χ2v) is 8.60. The molecule has 0 aromatic heterocycles. The third-order valence-electron chi connectivity index (χ3n) is 4.69. The summed E-state index contributed by atoms with van der Waals surface area (Å²) in [5.41, 5.74) is 0.165. The van der Waals surface area contributed by atoms with Crippen LogP contribution in [0.2, 0.25) is 5.02 Å². The molecule has 7 heteroatoms. The highest BCUT2D eigenvalue weighted by atomic mass is 35.5. The molecule has 2 nitrogen and oxygen atoms in total. The van der Waals surface area contributed by atoms with Gasteiger partial charge in [0.2, 0.25) is 0 Å². The highest BCUT2D eigenvalue weighted by Gasteiger charge is 2.21. The van der Waals surface area contributed by atoms with Crippen LogP contribution >= 0.6 is 23.4 Å². The fraction of sp³-hybridized carbons (Fsp3) is 0.350. The van der Waals surface area contributed by atoms with Crippen LogP contribution in [-0.4, -0.2) is 11.2 Å². The van der Waals surface area contributed by atoms with Crippen molar-refractivity contribution in [3.05, 3.63) is 58.4 Å². The molecule has 0 atom stereocenters. The van der Waals surface area contributed by atoms with Crippen LogP contribution in [0.3, 0.4) is 0 Å². The average Bonchev–Trinajstić information content (AvgIpc) is 2.63. The third kappa shape index (κ3) is 4.99. The SMILES string of the molecule is CC1CCC(Sc2cc(C(=O)Nc3cc(F)c(F)c(F)c3)ccc2Cl)CC1. The lowest BCUT2D eigenvalue weighted by Crippen LogP contribution is -2.15. The number of carbonyl (C=O) groups excluding carboxylic acids is 1. The molecular weight excluding hydrogens is 395 g/mol. The van der Waals surface area contributed by atoms with E-state index in [1.165, 1.54) is 12.8 Å². The predicted molar refractivity (Wildman–Crippen MR) is 103 cm³/mol. The van der Waals surface area contributed by atoms with Gasteiger partial charge in [-0.3, -0.25) is 4.79 Å². The van der Waals surface area contributed by atoms with E-state index in [0.717, 1.165) is 35.8 Å². The normalized spacial score (nSPS) is 19.7. The number of rotatable bonds is 4. The number of hydrogen-bond donors (Lipinski definition) is 1. The predicted octanol–water partition coefficient (Wildman–Crippen LogP) is 6.68. The number of carbonyl (C=O) groups is 1. The summed E-state index contributed by atoms with van der Waals surface area (Å²) in [5, 5.41) is 3.41. The first-order chi connectivity index (χ1) is 12.8. The summed E-state index contributed by atoms with van der Waals surface area (Å²) < 4.78 is 39.7. The summed E-state index contributed by atoms with van der Waals surface area (Å²) in [6.07, 6.45) is 4.56. The Balaban J connectivity index is 1.74. The number of thioether (sulfide) groups is 1. The molecule has 0 unspecified atom stereocenters. The molecule has 0 heterocycles. The van der Waals surface area contributed by atoms with Gasteiger partial charge in [-0.05, 0) is 49.8 Å². The molecule has 1 N–H and O–H groups in total. The zero-order valence-electron chi connectivity index (χ0n) is 14.7. The van der Waals surface area contributed by atoms with Gasteiger partial charge in [0, 0.05) is 33.5 Å². The van der Waals surface area contributed by atoms with E-state index in [2.05, 4.69) is 12.2 Å². The Labute approximate surface area is 165 Å². The number of benzene rings is 2. The summed E-state index contributed by atoms with van der Waals surface area (Å²) >= 11 is 7.93. The Morgan fingerprint density at radius 2 is 1.70 bits per heavy atom. The molecule has 1 amide bonds. The second kappa shape index (κ2) is 8.57. The molecule has 0 saturated heterocycles. The molecule has 0 aliphatic heterocycles. The molecule has 0 bridgehead atoms. The molecule has 1 aliphatic rings. The zero-order valence-corrected chi connectivity index (χ0v) is 16.3. The molecule has 2 aromatic rings. The minimum atomic E-state index is -1.57. The zero-order chi connectivity index (χ0) is 19.6. The van der Waals surface area contributed by atoms with Gasteiger partial charge in [0.05, 0.1) is 5.02 Å². The smallest absolute Gasteiger partial charge is 0.255 e. The van der Waals surface area contributed by atoms with Crippen molar-refractivity contribution in [2.45, 2.75) is 42.8 Å². The van der Waals surface area contributed by atoms with Gasteiger partial charge in [-0.2, -0.15) is 0 Å². The maximum absolute atomic E-state index is 13.3. The van der Waals surface area contributed by atoms with E-state index in [0.29, 0.717) is 15.8 Å². The molecule has 27 heavy (non-hydrogen) atoms. The molecule has 144 valence electrons. The Morgan fingerprint density at radius 1 is 1.07 bits per heavy atom. The minimum absolute atomic E-state index is 0.151. The van der Waals surface area contributed by atoms with Gasteiger partial charge in [0.1, 0.15) is 0 Å². The molecular formula is C20H19ClF3NOS. The Morgan fingerprint density at radius 3 is 2.33 bits per heavy atom. The van der Waals surface area contributed by atoms with E-state index in [1.54, 1.807) is 30.0 Å². The second-order valence-electron chi connectivity index (χ2n) is 6.85. The first-order valence-corrected chi connectivity index (χ1v) is 10.0. The molecule has 1 fully saturated rings. The molecule has 1 aliphatic carbocycles. The highest BCUT2D eigenvalue weighted by molar-refractivity contribution is 8.00. The molecule has 0 radical (unpaired) electrons. The van der Waals surface area contributed by atoms with Crippen LogP contribution in [0.25, 0.3) is 0 Å². The number of halogens is 4. The van der Waals surface area contributed by atoms with Crippen molar-refractivity contribution in [1.29, 1.82) is 0 Å². The summed E-state index contributed by atoms with van der Waals surface area (Å²) in [6.45, 7) is 2.25. The number of anilines is 1. The number of nitrogens with one attached hydrogen (secondary N) is 1. The van der Waals surface area contributed by atoms with Crippen molar-refractivity contribution in [3.8, 4) is 0 Å². The third-order valence-corrected chi connectivity index (χ3v) is 6.53. The van der Waals surface area contributed by atoms with Crippen LogP contribution in [0.4, 0.5) is 18.9 Å². The standard InChI is InChI=1S/C20H19ClF3NOS/c1-11-2-5-14(6-3-11)27-18-8-12(4-7-15(18)21)20(26)25-13-9-16(22)19(24)17(23)10-13/h4,7-11,14H,2-3,5-6H2,1H3,(H,25,26). The van der Waals surface area contributed by atoms with Gasteiger partial charge in [-0.1, -0.05) is 18.5 Å². The summed E-state index contributed by atoms with van der Waals surface area (Å²) in [5.74, 6) is -4.09. The van der Waals surface area contributed by atoms with E-state index < -0.39 is 23.4 Å². The van der Waals surface area contributed by atoms with Crippen LogP contribution in [0.5, 0.6) is 0 Å². The number of hydrogen-bond acceptors (Lipinski definition) is 2. The number of amides is 1. The Kier molecular flexibility index (Phi) is 6.37.